The molecule has 0 saturated carbocycles. The Morgan fingerprint density at radius 3 is 2.11 bits per heavy atom. The van der Waals surface area contributed by atoms with Crippen molar-refractivity contribution < 1.29 is 24.4 Å². The normalized spacial score (nSPS) is 12.5. The molecule has 0 heterocycles. The molecule has 0 bridgehead atoms. The minimum atomic E-state index is -0.900. The highest BCUT2D eigenvalue weighted by Crippen LogP contribution is 2.35. The molecule has 0 radical (unpaired) electrons. The molecule has 0 saturated heterocycles. The number of aliphatic hydroxyl groups is 2. The van der Waals surface area contributed by atoms with E-state index in [0.29, 0.717) is 17.2 Å². The fourth-order valence-corrected chi connectivity index (χ4v) is 1.46. The Hall–Kier alpha value is -1.72. The molecule has 0 fully saturated rings. The molecule has 0 aliphatic carbocycles. The predicted octanol–water partition coefficient (Wildman–Crippen LogP) is 1.08. The van der Waals surface area contributed by atoms with Gasteiger partial charge in [-0.2, -0.15) is 0 Å². The number of ether oxygens (including phenoxy) is 3. The van der Waals surface area contributed by atoms with Crippen LogP contribution < -0.4 is 14.2 Å². The molecule has 5 heteroatoms. The van der Waals surface area contributed by atoms with Crippen molar-refractivity contribution in [2.75, 3.05) is 27.9 Å². The summed E-state index contributed by atoms with van der Waals surface area (Å²) >= 11 is 0. The quantitative estimate of drug-likeness (QED) is 0.795. The second-order valence-corrected chi connectivity index (χ2v) is 3.56. The molecule has 0 amide bonds. The summed E-state index contributed by atoms with van der Waals surface area (Å²) in [5.74, 6) is 1.72. The van der Waals surface area contributed by atoms with Gasteiger partial charge in [-0.25, -0.2) is 0 Å². The van der Waals surface area contributed by atoms with Gasteiger partial charge in [-0.3, -0.25) is 0 Å². The van der Waals surface area contributed by atoms with Gasteiger partial charge in [-0.15, -0.1) is 0 Å². The molecule has 1 aromatic rings. The number of hydrogen-bond acceptors (Lipinski definition) is 5. The lowest BCUT2D eigenvalue weighted by molar-refractivity contribution is 0.131. The first kappa shape index (κ1) is 14.3. The molecular formula is C13H18O5. The lowest BCUT2D eigenvalue weighted by Crippen LogP contribution is -2.07. The Balaban J connectivity index is 3.13. The van der Waals surface area contributed by atoms with Crippen LogP contribution in [0, 0.1) is 0 Å². The summed E-state index contributed by atoms with van der Waals surface area (Å²) < 4.78 is 15.6. The molecule has 0 unspecified atom stereocenters. The number of hydrogen-bond donors (Lipinski definition) is 2. The van der Waals surface area contributed by atoms with Gasteiger partial charge in [0, 0.05) is 11.6 Å². The van der Waals surface area contributed by atoms with Crippen molar-refractivity contribution in [1.82, 2.24) is 0 Å². The smallest absolute Gasteiger partial charge is 0.164 e. The van der Waals surface area contributed by atoms with Crippen molar-refractivity contribution in [3.63, 3.8) is 0 Å². The van der Waals surface area contributed by atoms with Crippen LogP contribution >= 0.6 is 0 Å². The highest BCUT2D eigenvalue weighted by molar-refractivity contribution is 5.63. The van der Waals surface area contributed by atoms with Crippen LogP contribution in [0.4, 0.5) is 0 Å². The largest absolute Gasteiger partial charge is 0.496 e. The molecule has 1 atom stereocenters. The summed E-state index contributed by atoms with van der Waals surface area (Å²) in [7, 11) is 4.63. The number of aliphatic hydroxyl groups excluding tert-OH is 2. The van der Waals surface area contributed by atoms with Crippen molar-refractivity contribution in [2.24, 2.45) is 0 Å². The molecule has 0 aromatic heterocycles. The molecule has 1 aromatic carbocycles. The Morgan fingerprint density at radius 1 is 1.06 bits per heavy atom. The van der Waals surface area contributed by atoms with E-state index in [4.69, 9.17) is 19.3 Å². The average Bonchev–Trinajstić information content (AvgIpc) is 2.43. The summed E-state index contributed by atoms with van der Waals surface area (Å²) in [5.41, 5.74) is 0.725. The summed E-state index contributed by atoms with van der Waals surface area (Å²) in [4.78, 5) is 0. The molecule has 100 valence electrons. The first-order valence-corrected chi connectivity index (χ1v) is 5.43. The molecular weight excluding hydrogens is 236 g/mol. The monoisotopic (exact) mass is 254 g/mol. The maximum absolute atomic E-state index is 9.28. The molecule has 0 spiro atoms. The minimum absolute atomic E-state index is 0.327. The first-order valence-electron chi connectivity index (χ1n) is 5.43. The van der Waals surface area contributed by atoms with Crippen LogP contribution in [0.5, 0.6) is 17.2 Å². The van der Waals surface area contributed by atoms with E-state index < -0.39 is 6.10 Å². The van der Waals surface area contributed by atoms with Gasteiger partial charge in [0.1, 0.15) is 5.75 Å². The summed E-state index contributed by atoms with van der Waals surface area (Å²) in [5, 5.41) is 18.0. The fraction of sp³-hybridized carbons (Fsp3) is 0.385. The Kier molecular flexibility index (Phi) is 5.48. The summed E-state index contributed by atoms with van der Waals surface area (Å²) in [6.45, 7) is -0.327. The van der Waals surface area contributed by atoms with Crippen LogP contribution in [0.25, 0.3) is 6.08 Å². The van der Waals surface area contributed by atoms with E-state index in [0.717, 1.165) is 5.56 Å². The van der Waals surface area contributed by atoms with Crippen molar-refractivity contribution in [3.8, 4) is 17.2 Å². The zero-order chi connectivity index (χ0) is 13.5. The SMILES string of the molecule is COc1cc(OC)c(OC)cc1/C=C/[C@H](O)CO. The lowest BCUT2D eigenvalue weighted by Gasteiger charge is -2.12. The van der Waals surface area contributed by atoms with E-state index in [2.05, 4.69) is 0 Å². The zero-order valence-electron chi connectivity index (χ0n) is 10.7. The number of benzene rings is 1. The van der Waals surface area contributed by atoms with Crippen molar-refractivity contribution in [2.45, 2.75) is 6.10 Å². The highest BCUT2D eigenvalue weighted by Gasteiger charge is 2.10. The van der Waals surface area contributed by atoms with E-state index in [1.54, 1.807) is 39.5 Å². The first-order chi connectivity index (χ1) is 8.65. The topological polar surface area (TPSA) is 68.2 Å². The van der Waals surface area contributed by atoms with E-state index >= 15 is 0 Å². The van der Waals surface area contributed by atoms with Crippen LogP contribution in [0.3, 0.4) is 0 Å². The third-order valence-electron chi connectivity index (χ3n) is 2.42. The predicted molar refractivity (Wildman–Crippen MR) is 68.2 cm³/mol. The van der Waals surface area contributed by atoms with Crippen LogP contribution in [0.2, 0.25) is 0 Å². The Bertz CT molecular complexity index is 414. The van der Waals surface area contributed by atoms with Gasteiger partial charge in [-0.05, 0) is 6.07 Å². The van der Waals surface area contributed by atoms with Crippen LogP contribution in [0.1, 0.15) is 5.56 Å². The van der Waals surface area contributed by atoms with Gasteiger partial charge in [-0.1, -0.05) is 12.2 Å². The number of rotatable bonds is 6. The van der Waals surface area contributed by atoms with Gasteiger partial charge < -0.3 is 24.4 Å². The molecule has 0 aliphatic rings. The zero-order valence-corrected chi connectivity index (χ0v) is 10.7. The van der Waals surface area contributed by atoms with E-state index in [9.17, 15) is 5.11 Å². The maximum Gasteiger partial charge on any atom is 0.164 e. The maximum atomic E-state index is 9.28. The van der Waals surface area contributed by atoms with Crippen LogP contribution in [-0.2, 0) is 0 Å². The third-order valence-corrected chi connectivity index (χ3v) is 2.42. The highest BCUT2D eigenvalue weighted by atomic mass is 16.5. The van der Waals surface area contributed by atoms with E-state index in [1.165, 1.54) is 6.08 Å². The van der Waals surface area contributed by atoms with Crippen LogP contribution in [-0.4, -0.2) is 44.3 Å². The Morgan fingerprint density at radius 2 is 1.61 bits per heavy atom. The molecule has 1 rings (SSSR count). The van der Waals surface area contributed by atoms with Gasteiger partial charge in [0.15, 0.2) is 11.5 Å². The number of methoxy groups -OCH3 is 3. The van der Waals surface area contributed by atoms with Crippen LogP contribution in [0.15, 0.2) is 18.2 Å². The Labute approximate surface area is 106 Å². The second-order valence-electron chi connectivity index (χ2n) is 3.56. The van der Waals surface area contributed by atoms with Gasteiger partial charge in [0.05, 0.1) is 34.0 Å². The van der Waals surface area contributed by atoms with Crippen molar-refractivity contribution >= 4 is 6.08 Å². The second kappa shape index (κ2) is 6.88. The van der Waals surface area contributed by atoms with Crippen molar-refractivity contribution in [1.29, 1.82) is 0 Å². The van der Waals surface area contributed by atoms with Gasteiger partial charge in [0.2, 0.25) is 0 Å². The van der Waals surface area contributed by atoms with Gasteiger partial charge >= 0.3 is 0 Å². The van der Waals surface area contributed by atoms with Gasteiger partial charge in [0.25, 0.3) is 0 Å². The lowest BCUT2D eigenvalue weighted by atomic mass is 10.1. The minimum Gasteiger partial charge on any atom is -0.496 e. The molecule has 5 nitrogen and oxygen atoms in total. The summed E-state index contributed by atoms with van der Waals surface area (Å²) in [6, 6.07) is 3.43. The average molecular weight is 254 g/mol. The molecule has 0 aliphatic heterocycles. The molecule has 18 heavy (non-hydrogen) atoms. The van der Waals surface area contributed by atoms with E-state index in [-0.39, 0.29) is 6.61 Å². The molecule has 2 N–H and O–H groups in total. The standard InChI is InChI=1S/C13H18O5/c1-16-11-7-13(18-3)12(17-2)6-9(11)4-5-10(15)8-14/h4-7,10,14-15H,8H2,1-3H3/b5-4+/t10-/m0/s1. The van der Waals surface area contributed by atoms with E-state index in [1.807, 2.05) is 0 Å². The van der Waals surface area contributed by atoms with Crippen molar-refractivity contribution in [3.05, 3.63) is 23.8 Å². The fourth-order valence-electron chi connectivity index (χ4n) is 1.46. The summed E-state index contributed by atoms with van der Waals surface area (Å²) in [6.07, 6.45) is 2.23. The third kappa shape index (κ3) is 3.38.